The maximum absolute atomic E-state index is 2.70. The predicted molar refractivity (Wildman–Crippen MR) is 77.3 cm³/mol. The fourth-order valence-electron chi connectivity index (χ4n) is 1.56. The number of rotatable bonds is 1. The highest BCUT2D eigenvalue weighted by molar-refractivity contribution is 7.27. The van der Waals surface area contributed by atoms with E-state index in [0.29, 0.717) is 0 Å². The molecule has 0 heterocycles. The summed E-state index contributed by atoms with van der Waals surface area (Å²) in [6.07, 6.45) is 0. The number of hydrogen-bond acceptors (Lipinski definition) is 0. The molecule has 1 atom stereocenters. The van der Waals surface area contributed by atoms with Gasteiger partial charge in [0.15, 0.2) is 0 Å². The number of benzene rings is 2. The molecule has 0 aliphatic heterocycles. The minimum absolute atomic E-state index is 1.22. The quantitative estimate of drug-likeness (QED) is 0.644. The normalized spacial score (nSPS) is 9.25. The summed E-state index contributed by atoms with van der Waals surface area (Å²) in [6, 6.07) is 17.0. The van der Waals surface area contributed by atoms with E-state index in [4.69, 9.17) is 0 Å². The predicted octanol–water partition coefficient (Wildman–Crippen LogP) is 4.19. The molecule has 0 fully saturated rings. The summed E-state index contributed by atoms with van der Waals surface area (Å²) >= 11 is 0. The van der Waals surface area contributed by atoms with E-state index in [9.17, 15) is 0 Å². The van der Waals surface area contributed by atoms with E-state index in [0.717, 1.165) is 0 Å². The molecule has 0 amide bonds. The molecule has 0 nitrogen and oxygen atoms in total. The van der Waals surface area contributed by atoms with Crippen molar-refractivity contribution in [3.05, 3.63) is 54.1 Å². The molecule has 0 N–H and O–H groups in total. The number of hydrogen-bond donors (Lipinski definition) is 0. The molecule has 0 aromatic heterocycles. The summed E-state index contributed by atoms with van der Waals surface area (Å²) in [4.78, 5) is 0. The van der Waals surface area contributed by atoms with Gasteiger partial charge in [-0.05, 0) is 28.9 Å². The average molecular weight is 230 g/mol. The van der Waals surface area contributed by atoms with Gasteiger partial charge in [0.05, 0.1) is 0 Å². The van der Waals surface area contributed by atoms with Crippen LogP contribution in [-0.2, 0) is 0 Å². The number of aryl methyl sites for hydroxylation is 1. The molecule has 2 rings (SSSR count). The van der Waals surface area contributed by atoms with Crippen LogP contribution in [0.2, 0.25) is 0 Å². The van der Waals surface area contributed by atoms with Crippen LogP contribution in [0.4, 0.5) is 0 Å². The van der Waals surface area contributed by atoms with E-state index in [2.05, 4.69) is 64.7 Å². The molecule has 0 bridgehead atoms. The topological polar surface area (TPSA) is 0 Å². The Morgan fingerprint density at radius 2 is 1.38 bits per heavy atom. The lowest BCUT2D eigenvalue weighted by atomic mass is 10.0. The Balaban J connectivity index is 0.000000606. The summed E-state index contributed by atoms with van der Waals surface area (Å²) < 4.78 is 0. The second-order valence-corrected chi connectivity index (χ2v) is 4.10. The monoisotopic (exact) mass is 230 g/mol. The molecule has 0 radical (unpaired) electrons. The zero-order valence-corrected chi connectivity index (χ0v) is 11.4. The third-order valence-corrected chi connectivity index (χ3v) is 2.75. The summed E-state index contributed by atoms with van der Waals surface area (Å²) in [5.74, 6) is 0. The van der Waals surface area contributed by atoms with Crippen molar-refractivity contribution in [2.24, 2.45) is 0 Å². The Morgan fingerprint density at radius 3 is 1.94 bits per heavy atom. The second-order valence-electron chi connectivity index (χ2n) is 3.44. The summed E-state index contributed by atoms with van der Waals surface area (Å²) in [6.45, 7) is 6.14. The van der Waals surface area contributed by atoms with Gasteiger partial charge in [-0.25, -0.2) is 0 Å². The average Bonchev–Trinajstić information content (AvgIpc) is 2.34. The van der Waals surface area contributed by atoms with Crippen molar-refractivity contribution in [3.8, 4) is 11.1 Å². The molecule has 0 aliphatic rings. The highest BCUT2D eigenvalue weighted by atomic mass is 31.0. The van der Waals surface area contributed by atoms with Gasteiger partial charge in [-0.3, -0.25) is 0 Å². The molecule has 84 valence electrons. The highest BCUT2D eigenvalue weighted by Crippen LogP contribution is 2.21. The van der Waals surface area contributed by atoms with Crippen molar-refractivity contribution in [1.29, 1.82) is 0 Å². The SMILES string of the molecule is CC.Cc1ccccc1-c1ccc(P)cc1. The Bertz CT molecular complexity index is 429. The van der Waals surface area contributed by atoms with E-state index >= 15 is 0 Å². The standard InChI is InChI=1S/C13H13P.C2H6/c1-10-4-2-3-5-13(10)11-6-8-12(14)9-7-11;1-2/h2-9H,14H2,1H3;1-2H3. The van der Waals surface area contributed by atoms with Crippen molar-refractivity contribution in [3.63, 3.8) is 0 Å². The molecule has 0 saturated heterocycles. The van der Waals surface area contributed by atoms with Crippen molar-refractivity contribution in [1.82, 2.24) is 0 Å². The molecule has 1 unspecified atom stereocenters. The van der Waals surface area contributed by atoms with Gasteiger partial charge in [0, 0.05) is 0 Å². The Morgan fingerprint density at radius 1 is 0.812 bits per heavy atom. The largest absolute Gasteiger partial charge is 0.106 e. The molecule has 0 spiro atoms. The smallest absolute Gasteiger partial charge is 0.0155 e. The third-order valence-electron chi connectivity index (χ3n) is 2.37. The highest BCUT2D eigenvalue weighted by Gasteiger charge is 1.99. The van der Waals surface area contributed by atoms with Crippen molar-refractivity contribution in [2.75, 3.05) is 0 Å². The first kappa shape index (κ1) is 12.9. The van der Waals surface area contributed by atoms with E-state index in [1.165, 1.54) is 22.0 Å². The second kappa shape index (κ2) is 6.45. The molecule has 2 aromatic carbocycles. The Hall–Kier alpha value is -1.13. The van der Waals surface area contributed by atoms with Crippen LogP contribution in [0, 0.1) is 6.92 Å². The molecular formula is C15H19P. The lowest BCUT2D eigenvalue weighted by Gasteiger charge is -2.05. The van der Waals surface area contributed by atoms with E-state index in [1.54, 1.807) is 0 Å². The van der Waals surface area contributed by atoms with Crippen LogP contribution in [0.15, 0.2) is 48.5 Å². The van der Waals surface area contributed by atoms with Gasteiger partial charge in [-0.15, -0.1) is 9.24 Å². The lowest BCUT2D eigenvalue weighted by Crippen LogP contribution is -1.89. The first-order valence-electron chi connectivity index (χ1n) is 5.69. The van der Waals surface area contributed by atoms with Gasteiger partial charge in [0.2, 0.25) is 0 Å². The third kappa shape index (κ3) is 3.18. The van der Waals surface area contributed by atoms with Gasteiger partial charge in [0.25, 0.3) is 0 Å². The maximum atomic E-state index is 2.70. The van der Waals surface area contributed by atoms with Gasteiger partial charge in [-0.2, -0.15) is 0 Å². The molecule has 2 aromatic rings. The van der Waals surface area contributed by atoms with E-state index in [1.807, 2.05) is 13.8 Å². The van der Waals surface area contributed by atoms with Crippen LogP contribution in [0.3, 0.4) is 0 Å². The van der Waals surface area contributed by atoms with Crippen LogP contribution in [0.25, 0.3) is 11.1 Å². The van der Waals surface area contributed by atoms with E-state index in [-0.39, 0.29) is 0 Å². The van der Waals surface area contributed by atoms with Crippen LogP contribution in [-0.4, -0.2) is 0 Å². The molecule has 16 heavy (non-hydrogen) atoms. The lowest BCUT2D eigenvalue weighted by molar-refractivity contribution is 1.46. The first-order valence-corrected chi connectivity index (χ1v) is 6.26. The van der Waals surface area contributed by atoms with Gasteiger partial charge in [-0.1, -0.05) is 62.4 Å². The zero-order chi connectivity index (χ0) is 12.0. The molecule has 0 saturated carbocycles. The van der Waals surface area contributed by atoms with Crippen molar-refractivity contribution >= 4 is 14.5 Å². The van der Waals surface area contributed by atoms with E-state index < -0.39 is 0 Å². The fourth-order valence-corrected chi connectivity index (χ4v) is 1.75. The van der Waals surface area contributed by atoms with Gasteiger partial charge in [0.1, 0.15) is 0 Å². The maximum Gasteiger partial charge on any atom is -0.0155 e. The van der Waals surface area contributed by atoms with Crippen LogP contribution < -0.4 is 5.30 Å². The summed E-state index contributed by atoms with van der Waals surface area (Å²) in [5.41, 5.74) is 3.93. The molecule has 0 aliphatic carbocycles. The fraction of sp³-hybridized carbons (Fsp3) is 0.200. The van der Waals surface area contributed by atoms with Gasteiger partial charge < -0.3 is 0 Å². The molecular weight excluding hydrogens is 211 g/mol. The van der Waals surface area contributed by atoms with Crippen LogP contribution >= 0.6 is 9.24 Å². The molecule has 1 heteroatoms. The van der Waals surface area contributed by atoms with Crippen LogP contribution in [0.1, 0.15) is 19.4 Å². The van der Waals surface area contributed by atoms with Crippen molar-refractivity contribution < 1.29 is 0 Å². The van der Waals surface area contributed by atoms with Crippen molar-refractivity contribution in [2.45, 2.75) is 20.8 Å². The summed E-state index contributed by atoms with van der Waals surface area (Å²) in [7, 11) is 2.70. The van der Waals surface area contributed by atoms with Crippen LogP contribution in [0.5, 0.6) is 0 Å². The van der Waals surface area contributed by atoms with Gasteiger partial charge >= 0.3 is 0 Å². The zero-order valence-electron chi connectivity index (χ0n) is 10.2. The minimum atomic E-state index is 1.22. The first-order chi connectivity index (χ1) is 7.77. The minimum Gasteiger partial charge on any atom is -0.106 e. The Kier molecular flexibility index (Phi) is 5.22. The summed E-state index contributed by atoms with van der Waals surface area (Å²) in [5, 5.41) is 1.22. The Labute approximate surface area is 101 Å².